The predicted octanol–water partition coefficient (Wildman–Crippen LogP) is 6.05. The zero-order chi connectivity index (χ0) is 23.2. The quantitative estimate of drug-likeness (QED) is 0.343. The summed E-state index contributed by atoms with van der Waals surface area (Å²) >= 11 is 1.56. The molecule has 0 aliphatic rings. The number of anilines is 1. The number of carbonyl (C=O) groups excluding carboxylic acids is 2. The van der Waals surface area contributed by atoms with Crippen LogP contribution in [0.1, 0.15) is 28.5 Å². The van der Waals surface area contributed by atoms with Crippen LogP contribution in [0.25, 0.3) is 10.9 Å². The number of benzene rings is 3. The number of aryl methyl sites for hydroxylation is 1. The second-order valence-electron chi connectivity index (χ2n) is 7.46. The minimum Gasteiger partial charge on any atom is -0.452 e. The van der Waals surface area contributed by atoms with Crippen LogP contribution in [0, 0.1) is 6.92 Å². The van der Waals surface area contributed by atoms with Gasteiger partial charge in [-0.15, -0.1) is 0 Å². The Kier molecular flexibility index (Phi) is 7.05. The number of para-hydroxylation sites is 2. The second-order valence-corrected chi connectivity index (χ2v) is 8.58. The summed E-state index contributed by atoms with van der Waals surface area (Å²) in [4.78, 5) is 32.2. The first-order valence-corrected chi connectivity index (χ1v) is 11.6. The molecule has 1 amide bonds. The number of rotatable bonds is 7. The van der Waals surface area contributed by atoms with Crippen molar-refractivity contribution < 1.29 is 14.3 Å². The monoisotopic (exact) mass is 456 g/mol. The lowest BCUT2D eigenvalue weighted by Crippen LogP contribution is -2.22. The zero-order valence-corrected chi connectivity index (χ0v) is 19.3. The van der Waals surface area contributed by atoms with Gasteiger partial charge in [-0.1, -0.05) is 67.2 Å². The Morgan fingerprint density at radius 2 is 1.64 bits per heavy atom. The normalized spacial score (nSPS) is 10.7. The standard InChI is InChI=1S/C27H24N2O3S/c1-3-21-18(2)26(20-13-7-8-14-22(20)28-21)27(31)32-17-25(30)29-23-15-9-10-16-24(23)33-19-11-5-4-6-12-19/h4-16H,3,17H2,1-2H3,(H,29,30). The highest BCUT2D eigenvalue weighted by Crippen LogP contribution is 2.33. The first kappa shape index (κ1) is 22.6. The molecule has 0 atom stereocenters. The molecule has 0 radical (unpaired) electrons. The van der Waals surface area contributed by atoms with E-state index < -0.39 is 11.9 Å². The van der Waals surface area contributed by atoms with Gasteiger partial charge in [0.25, 0.3) is 5.91 Å². The molecule has 0 fully saturated rings. The summed E-state index contributed by atoms with van der Waals surface area (Å²) in [6.45, 7) is 3.49. The maximum Gasteiger partial charge on any atom is 0.339 e. The Balaban J connectivity index is 1.48. The summed E-state index contributed by atoms with van der Waals surface area (Å²) in [5.74, 6) is -0.918. The lowest BCUT2D eigenvalue weighted by atomic mass is 10.0. The molecule has 0 saturated heterocycles. The molecule has 1 N–H and O–H groups in total. The number of pyridine rings is 1. The Morgan fingerprint density at radius 1 is 0.939 bits per heavy atom. The molecule has 1 aromatic heterocycles. The average molecular weight is 457 g/mol. The van der Waals surface area contributed by atoms with Gasteiger partial charge in [-0.3, -0.25) is 9.78 Å². The molecule has 3 aromatic carbocycles. The third-order valence-corrected chi connectivity index (χ3v) is 6.33. The molecule has 4 rings (SSSR count). The molecule has 0 aliphatic heterocycles. The number of esters is 1. The second kappa shape index (κ2) is 10.3. The molecule has 0 aliphatic carbocycles. The number of carbonyl (C=O) groups is 2. The van der Waals surface area contributed by atoms with Crippen LogP contribution in [0.3, 0.4) is 0 Å². The topological polar surface area (TPSA) is 68.3 Å². The van der Waals surface area contributed by atoms with Crippen molar-refractivity contribution in [3.8, 4) is 0 Å². The van der Waals surface area contributed by atoms with Crippen molar-refractivity contribution in [1.82, 2.24) is 4.98 Å². The predicted molar refractivity (Wildman–Crippen MR) is 132 cm³/mol. The Labute approximate surface area is 197 Å². The Bertz CT molecular complexity index is 1310. The largest absolute Gasteiger partial charge is 0.452 e. The Hall–Kier alpha value is -3.64. The molecule has 166 valence electrons. The van der Waals surface area contributed by atoms with E-state index in [4.69, 9.17) is 4.74 Å². The van der Waals surface area contributed by atoms with Gasteiger partial charge in [0.1, 0.15) is 0 Å². The summed E-state index contributed by atoms with van der Waals surface area (Å²) in [5, 5.41) is 3.59. The van der Waals surface area contributed by atoms with Crippen molar-refractivity contribution in [2.75, 3.05) is 11.9 Å². The van der Waals surface area contributed by atoms with Gasteiger partial charge in [0.2, 0.25) is 0 Å². The van der Waals surface area contributed by atoms with Crippen LogP contribution in [0.5, 0.6) is 0 Å². The van der Waals surface area contributed by atoms with E-state index in [-0.39, 0.29) is 6.61 Å². The van der Waals surface area contributed by atoms with Gasteiger partial charge in [0.15, 0.2) is 6.61 Å². The first-order valence-electron chi connectivity index (χ1n) is 10.7. The van der Waals surface area contributed by atoms with Crippen LogP contribution in [0.2, 0.25) is 0 Å². The lowest BCUT2D eigenvalue weighted by molar-refractivity contribution is -0.119. The van der Waals surface area contributed by atoms with Crippen molar-refractivity contribution in [2.24, 2.45) is 0 Å². The molecule has 5 nitrogen and oxygen atoms in total. The van der Waals surface area contributed by atoms with Crippen LogP contribution >= 0.6 is 11.8 Å². The van der Waals surface area contributed by atoms with Crippen LogP contribution < -0.4 is 5.32 Å². The van der Waals surface area contributed by atoms with Crippen molar-refractivity contribution >= 4 is 40.2 Å². The molecule has 0 spiro atoms. The van der Waals surface area contributed by atoms with Gasteiger partial charge >= 0.3 is 5.97 Å². The van der Waals surface area contributed by atoms with Gasteiger partial charge < -0.3 is 10.1 Å². The summed E-state index contributed by atoms with van der Waals surface area (Å²) < 4.78 is 5.42. The highest BCUT2D eigenvalue weighted by atomic mass is 32.2. The molecule has 0 saturated carbocycles. The number of aromatic nitrogens is 1. The third kappa shape index (κ3) is 5.23. The summed E-state index contributed by atoms with van der Waals surface area (Å²) in [5.41, 5.74) is 3.50. The SMILES string of the molecule is CCc1nc2ccccc2c(C(=O)OCC(=O)Nc2ccccc2Sc2ccccc2)c1C. The van der Waals surface area contributed by atoms with Crippen molar-refractivity contribution in [2.45, 2.75) is 30.1 Å². The minimum atomic E-state index is -0.525. The van der Waals surface area contributed by atoms with Crippen LogP contribution in [-0.2, 0) is 16.0 Å². The lowest BCUT2D eigenvalue weighted by Gasteiger charge is -2.14. The smallest absolute Gasteiger partial charge is 0.339 e. The van der Waals surface area contributed by atoms with Gasteiger partial charge in [0, 0.05) is 20.9 Å². The van der Waals surface area contributed by atoms with E-state index >= 15 is 0 Å². The van der Waals surface area contributed by atoms with Crippen molar-refractivity contribution in [3.05, 3.63) is 95.7 Å². The number of hydrogen-bond acceptors (Lipinski definition) is 5. The number of ether oxygens (including phenoxy) is 1. The van der Waals surface area contributed by atoms with Gasteiger partial charge in [-0.25, -0.2) is 4.79 Å². The van der Waals surface area contributed by atoms with E-state index in [1.165, 1.54) is 0 Å². The number of fused-ring (bicyclic) bond motifs is 1. The van der Waals surface area contributed by atoms with Crippen LogP contribution in [-0.4, -0.2) is 23.5 Å². The number of nitrogens with zero attached hydrogens (tertiary/aromatic N) is 1. The third-order valence-electron chi connectivity index (χ3n) is 5.24. The fraction of sp³-hybridized carbons (Fsp3) is 0.148. The highest BCUT2D eigenvalue weighted by molar-refractivity contribution is 7.99. The fourth-order valence-corrected chi connectivity index (χ4v) is 4.55. The van der Waals surface area contributed by atoms with Gasteiger partial charge in [0.05, 0.1) is 16.8 Å². The molecule has 33 heavy (non-hydrogen) atoms. The van der Waals surface area contributed by atoms with E-state index in [0.717, 1.165) is 32.0 Å². The van der Waals surface area contributed by atoms with Crippen molar-refractivity contribution in [3.63, 3.8) is 0 Å². The zero-order valence-electron chi connectivity index (χ0n) is 18.5. The van der Waals surface area contributed by atoms with E-state index in [9.17, 15) is 9.59 Å². The van der Waals surface area contributed by atoms with E-state index in [2.05, 4.69) is 10.3 Å². The summed E-state index contributed by atoms with van der Waals surface area (Å²) in [6, 6.07) is 24.9. The Morgan fingerprint density at radius 3 is 2.42 bits per heavy atom. The van der Waals surface area contributed by atoms with E-state index in [1.807, 2.05) is 92.7 Å². The van der Waals surface area contributed by atoms with Crippen molar-refractivity contribution in [1.29, 1.82) is 0 Å². The molecule has 0 bridgehead atoms. The molecule has 1 heterocycles. The summed E-state index contributed by atoms with van der Waals surface area (Å²) in [7, 11) is 0. The molecular formula is C27H24N2O3S. The minimum absolute atomic E-state index is 0.374. The number of amides is 1. The number of hydrogen-bond donors (Lipinski definition) is 1. The molecule has 4 aromatic rings. The van der Waals surface area contributed by atoms with E-state index in [0.29, 0.717) is 17.7 Å². The molecule has 0 unspecified atom stereocenters. The van der Waals surface area contributed by atoms with Crippen LogP contribution in [0.15, 0.2) is 88.7 Å². The molecular weight excluding hydrogens is 432 g/mol. The maximum absolute atomic E-state index is 13.0. The number of nitrogens with one attached hydrogen (secondary N) is 1. The fourth-order valence-electron chi connectivity index (χ4n) is 3.63. The summed E-state index contributed by atoms with van der Waals surface area (Å²) in [6.07, 6.45) is 0.702. The maximum atomic E-state index is 13.0. The van der Waals surface area contributed by atoms with Gasteiger partial charge in [-0.2, -0.15) is 0 Å². The first-order chi connectivity index (χ1) is 16.1. The molecule has 6 heteroatoms. The average Bonchev–Trinajstić information content (AvgIpc) is 2.84. The van der Waals surface area contributed by atoms with E-state index in [1.54, 1.807) is 11.8 Å². The van der Waals surface area contributed by atoms with Crippen LogP contribution in [0.4, 0.5) is 5.69 Å². The van der Waals surface area contributed by atoms with Gasteiger partial charge in [-0.05, 0) is 49.2 Å². The highest BCUT2D eigenvalue weighted by Gasteiger charge is 2.20.